The molecule has 0 spiro atoms. The van der Waals surface area contributed by atoms with Gasteiger partial charge >= 0.3 is 0 Å². The van der Waals surface area contributed by atoms with Crippen LogP contribution in [0.25, 0.3) is 0 Å². The van der Waals surface area contributed by atoms with E-state index in [0.717, 1.165) is 0 Å². The minimum Gasteiger partial charge on any atom is -0.379 e. The van der Waals surface area contributed by atoms with Crippen LogP contribution in [-0.4, -0.2) is 57.2 Å². The quantitative estimate of drug-likeness (QED) is 0.862. The Labute approximate surface area is 129 Å². The highest BCUT2D eigenvalue weighted by atomic mass is 35.5. The van der Waals surface area contributed by atoms with Gasteiger partial charge in [0.2, 0.25) is 10.0 Å². The maximum Gasteiger partial charge on any atom is 0.251 e. The Morgan fingerprint density at radius 3 is 2.48 bits per heavy atom. The van der Waals surface area contributed by atoms with Crippen LogP contribution in [0.15, 0.2) is 24.3 Å². The molecule has 1 aromatic rings. The second kappa shape index (κ2) is 7.22. The highest BCUT2D eigenvalue weighted by molar-refractivity contribution is 7.89. The first kappa shape index (κ1) is 16.2. The summed E-state index contributed by atoms with van der Waals surface area (Å²) in [6, 6.07) is 6.41. The molecule has 0 aromatic heterocycles. The summed E-state index contributed by atoms with van der Waals surface area (Å²) < 4.78 is 30.6. The van der Waals surface area contributed by atoms with Crippen molar-refractivity contribution in [1.29, 1.82) is 0 Å². The van der Waals surface area contributed by atoms with Gasteiger partial charge in [-0.15, -0.1) is 0 Å². The molecule has 1 amide bonds. The lowest BCUT2D eigenvalue weighted by atomic mass is 10.2. The molecule has 1 fully saturated rings. The molecular weight excluding hydrogens is 316 g/mol. The van der Waals surface area contributed by atoms with E-state index < -0.39 is 10.0 Å². The Balaban J connectivity index is 1.83. The van der Waals surface area contributed by atoms with Crippen molar-refractivity contribution in [2.45, 2.75) is 0 Å². The van der Waals surface area contributed by atoms with Crippen LogP contribution in [0, 0.1) is 0 Å². The summed E-state index contributed by atoms with van der Waals surface area (Å²) in [7, 11) is -3.35. The monoisotopic (exact) mass is 332 g/mol. The average molecular weight is 333 g/mol. The van der Waals surface area contributed by atoms with E-state index in [4.69, 9.17) is 16.3 Å². The molecule has 0 aliphatic carbocycles. The largest absolute Gasteiger partial charge is 0.379 e. The van der Waals surface area contributed by atoms with Crippen molar-refractivity contribution in [2.24, 2.45) is 0 Å². The first-order chi connectivity index (χ1) is 9.99. The molecule has 1 aliphatic heterocycles. The number of amides is 1. The van der Waals surface area contributed by atoms with Crippen LogP contribution in [-0.2, 0) is 14.8 Å². The lowest BCUT2D eigenvalue weighted by Gasteiger charge is -2.26. The number of rotatable bonds is 5. The number of carbonyl (C=O) groups is 1. The molecular formula is C13H17ClN2O4S. The first-order valence-electron chi connectivity index (χ1n) is 6.58. The number of carbonyl (C=O) groups excluding carboxylic acids is 1. The van der Waals surface area contributed by atoms with Gasteiger partial charge in [0.1, 0.15) is 0 Å². The van der Waals surface area contributed by atoms with Gasteiger partial charge in [0.15, 0.2) is 0 Å². The second-order valence-electron chi connectivity index (χ2n) is 4.59. The normalized spacial score (nSPS) is 16.6. The van der Waals surface area contributed by atoms with Crippen molar-refractivity contribution in [2.75, 3.05) is 38.6 Å². The first-order valence-corrected chi connectivity index (χ1v) is 8.57. The van der Waals surface area contributed by atoms with E-state index >= 15 is 0 Å². The zero-order valence-corrected chi connectivity index (χ0v) is 13.0. The highest BCUT2D eigenvalue weighted by Crippen LogP contribution is 2.09. The van der Waals surface area contributed by atoms with Crippen LogP contribution in [0.1, 0.15) is 10.4 Å². The molecule has 1 heterocycles. The number of hydrogen-bond acceptors (Lipinski definition) is 4. The number of ether oxygens (including phenoxy) is 1. The minimum atomic E-state index is -3.35. The molecule has 1 N–H and O–H groups in total. The third-order valence-corrected chi connectivity index (χ3v) is 5.24. The fourth-order valence-corrected chi connectivity index (χ4v) is 3.40. The van der Waals surface area contributed by atoms with Gasteiger partial charge in [0.05, 0.1) is 19.0 Å². The van der Waals surface area contributed by atoms with Crippen molar-refractivity contribution < 1.29 is 17.9 Å². The Kier molecular flexibility index (Phi) is 5.58. The third kappa shape index (κ3) is 4.67. The predicted octanol–water partition coefficient (Wildman–Crippen LogP) is 0.732. The van der Waals surface area contributed by atoms with Gasteiger partial charge in [-0.2, -0.15) is 4.31 Å². The average Bonchev–Trinajstić information content (AvgIpc) is 2.48. The zero-order valence-electron chi connectivity index (χ0n) is 11.4. The highest BCUT2D eigenvalue weighted by Gasteiger charge is 2.23. The fraction of sp³-hybridized carbons (Fsp3) is 0.462. The molecule has 1 aromatic carbocycles. The van der Waals surface area contributed by atoms with E-state index in [2.05, 4.69) is 5.32 Å². The van der Waals surface area contributed by atoms with Crippen molar-refractivity contribution in [3.8, 4) is 0 Å². The van der Waals surface area contributed by atoms with Gasteiger partial charge in [0.25, 0.3) is 5.91 Å². The van der Waals surface area contributed by atoms with Crippen molar-refractivity contribution in [3.63, 3.8) is 0 Å². The lowest BCUT2D eigenvalue weighted by molar-refractivity contribution is 0.0730. The van der Waals surface area contributed by atoms with Gasteiger partial charge < -0.3 is 10.1 Å². The van der Waals surface area contributed by atoms with Crippen molar-refractivity contribution >= 4 is 27.5 Å². The number of benzene rings is 1. The summed E-state index contributed by atoms with van der Waals surface area (Å²) in [5, 5.41) is 3.14. The van der Waals surface area contributed by atoms with E-state index in [0.29, 0.717) is 36.9 Å². The molecule has 2 rings (SSSR count). The molecule has 116 valence electrons. The Hall–Kier alpha value is -1.15. The molecule has 1 saturated heterocycles. The number of morpholine rings is 1. The standard InChI is InChI=1S/C13H17ClN2O4S/c14-12-3-1-11(2-4-12)13(17)15-5-10-21(18,19)16-6-8-20-9-7-16/h1-4H,5-10H2,(H,15,17). The molecule has 8 heteroatoms. The fourth-order valence-electron chi connectivity index (χ4n) is 1.95. The maximum absolute atomic E-state index is 12.0. The van der Waals surface area contributed by atoms with Crippen LogP contribution < -0.4 is 5.32 Å². The van der Waals surface area contributed by atoms with Crippen LogP contribution in [0.3, 0.4) is 0 Å². The van der Waals surface area contributed by atoms with E-state index in [1.165, 1.54) is 4.31 Å². The molecule has 0 atom stereocenters. The SMILES string of the molecule is O=C(NCCS(=O)(=O)N1CCOCC1)c1ccc(Cl)cc1. The molecule has 21 heavy (non-hydrogen) atoms. The van der Waals surface area contributed by atoms with Gasteiger partial charge in [-0.1, -0.05) is 11.6 Å². The zero-order chi connectivity index (χ0) is 15.3. The molecule has 0 unspecified atom stereocenters. The molecule has 0 radical (unpaired) electrons. The Morgan fingerprint density at radius 2 is 1.86 bits per heavy atom. The number of sulfonamides is 1. The molecule has 0 bridgehead atoms. The Bertz CT molecular complexity index is 583. The van der Waals surface area contributed by atoms with Gasteiger partial charge in [-0.3, -0.25) is 4.79 Å². The van der Waals surface area contributed by atoms with Crippen LogP contribution >= 0.6 is 11.6 Å². The second-order valence-corrected chi connectivity index (χ2v) is 7.12. The summed E-state index contributed by atoms with van der Waals surface area (Å²) in [4.78, 5) is 11.8. The summed E-state index contributed by atoms with van der Waals surface area (Å²) in [5.41, 5.74) is 0.447. The maximum atomic E-state index is 12.0. The lowest BCUT2D eigenvalue weighted by Crippen LogP contribution is -2.43. The van der Waals surface area contributed by atoms with Gasteiger partial charge in [0, 0.05) is 30.2 Å². The van der Waals surface area contributed by atoms with Crippen LogP contribution in [0.4, 0.5) is 0 Å². The Morgan fingerprint density at radius 1 is 1.24 bits per heavy atom. The summed E-state index contributed by atoms with van der Waals surface area (Å²) in [6.07, 6.45) is 0. The number of nitrogens with zero attached hydrogens (tertiary/aromatic N) is 1. The molecule has 1 aliphatic rings. The minimum absolute atomic E-state index is 0.0706. The number of halogens is 1. The van der Waals surface area contributed by atoms with Gasteiger partial charge in [-0.25, -0.2) is 8.42 Å². The smallest absolute Gasteiger partial charge is 0.251 e. The summed E-state index contributed by atoms with van der Waals surface area (Å²) in [6.45, 7) is 1.63. The van der Waals surface area contributed by atoms with E-state index in [1.54, 1.807) is 24.3 Å². The van der Waals surface area contributed by atoms with Crippen molar-refractivity contribution in [1.82, 2.24) is 9.62 Å². The van der Waals surface area contributed by atoms with E-state index in [9.17, 15) is 13.2 Å². The van der Waals surface area contributed by atoms with E-state index in [-0.39, 0.29) is 18.2 Å². The topological polar surface area (TPSA) is 75.7 Å². The molecule has 0 saturated carbocycles. The predicted molar refractivity (Wildman–Crippen MR) is 80.0 cm³/mol. The third-order valence-electron chi connectivity index (χ3n) is 3.12. The number of nitrogens with one attached hydrogen (secondary N) is 1. The van der Waals surface area contributed by atoms with Crippen LogP contribution in [0.2, 0.25) is 5.02 Å². The number of hydrogen-bond donors (Lipinski definition) is 1. The van der Waals surface area contributed by atoms with Crippen LogP contribution in [0.5, 0.6) is 0 Å². The molecule has 6 nitrogen and oxygen atoms in total. The summed E-state index contributed by atoms with van der Waals surface area (Å²) in [5.74, 6) is -0.435. The van der Waals surface area contributed by atoms with E-state index in [1.807, 2.05) is 0 Å². The van der Waals surface area contributed by atoms with Crippen molar-refractivity contribution in [3.05, 3.63) is 34.9 Å². The van der Waals surface area contributed by atoms with Gasteiger partial charge in [-0.05, 0) is 24.3 Å². The summed E-state index contributed by atoms with van der Waals surface area (Å²) >= 11 is 5.74.